The quantitative estimate of drug-likeness (QED) is 0.507. The second-order valence-electron chi connectivity index (χ2n) is 6.83. The van der Waals surface area contributed by atoms with Crippen LogP contribution in [0.25, 0.3) is 0 Å². The molecular weight excluding hydrogens is 368 g/mol. The molecule has 0 aliphatic carbocycles. The molecule has 1 aromatic carbocycles. The number of sulfonamides is 1. The van der Waals surface area contributed by atoms with Crippen molar-refractivity contribution in [2.45, 2.75) is 51.0 Å². The first-order valence-corrected chi connectivity index (χ1v) is 11.0. The molecule has 1 aliphatic heterocycles. The summed E-state index contributed by atoms with van der Waals surface area (Å²) in [6, 6.07) is 4.61. The summed E-state index contributed by atoms with van der Waals surface area (Å²) in [5.41, 5.74) is 0.137. The number of nitrogens with one attached hydrogen (secondary N) is 1. The third-order valence-corrected chi connectivity index (χ3v) is 7.21. The van der Waals surface area contributed by atoms with Gasteiger partial charge in [-0.1, -0.05) is 20.3 Å². The zero-order valence-corrected chi connectivity index (χ0v) is 17.2. The average Bonchev–Trinajstić information content (AvgIpc) is 2.64. The molecule has 0 unspecified atom stereocenters. The molecule has 1 N–H and O–H groups in total. The van der Waals surface area contributed by atoms with E-state index in [2.05, 4.69) is 17.1 Å². The minimum Gasteiger partial charge on any atom is -0.378 e. The lowest BCUT2D eigenvalue weighted by atomic mass is 10.0. The molecule has 9 heteroatoms. The van der Waals surface area contributed by atoms with Gasteiger partial charge in [-0.05, 0) is 38.4 Å². The number of hydrogen-bond donors (Lipinski definition) is 1. The molecule has 8 nitrogen and oxygen atoms in total. The molecule has 1 atom stereocenters. The maximum atomic E-state index is 12.6. The zero-order chi connectivity index (χ0) is 20.0. The first kappa shape index (κ1) is 21.6. The molecule has 1 fully saturated rings. The standard InChI is InChI=1S/C18H30N4O4S/c1-4-21(5-2)27(25,26)16-9-10-17(18(14-16)22(23)24)19-11-13-20-12-7-6-8-15(20)3/h9-10,14-15,19H,4-8,11-13H2,1-3H3/t15-/m1/s1. The maximum Gasteiger partial charge on any atom is 0.293 e. The van der Waals surface area contributed by atoms with Crippen LogP contribution in [0.4, 0.5) is 11.4 Å². The van der Waals surface area contributed by atoms with E-state index in [1.165, 1.54) is 35.7 Å². The Bertz CT molecular complexity index is 750. The smallest absolute Gasteiger partial charge is 0.293 e. The van der Waals surface area contributed by atoms with Crippen molar-refractivity contribution in [1.82, 2.24) is 9.21 Å². The van der Waals surface area contributed by atoms with Gasteiger partial charge >= 0.3 is 0 Å². The van der Waals surface area contributed by atoms with Crippen molar-refractivity contribution < 1.29 is 13.3 Å². The van der Waals surface area contributed by atoms with Crippen LogP contribution < -0.4 is 5.32 Å². The number of nitrogens with zero attached hydrogens (tertiary/aromatic N) is 3. The van der Waals surface area contributed by atoms with E-state index < -0.39 is 14.9 Å². The predicted octanol–water partition coefficient (Wildman–Crippen LogP) is 2.91. The van der Waals surface area contributed by atoms with Gasteiger partial charge in [0.25, 0.3) is 5.69 Å². The summed E-state index contributed by atoms with van der Waals surface area (Å²) in [5, 5.41) is 14.6. The minimum atomic E-state index is -3.73. The first-order chi connectivity index (χ1) is 12.8. The second kappa shape index (κ2) is 9.48. The van der Waals surface area contributed by atoms with E-state index in [0.29, 0.717) is 31.4 Å². The van der Waals surface area contributed by atoms with Crippen LogP contribution in [0.1, 0.15) is 40.0 Å². The second-order valence-corrected chi connectivity index (χ2v) is 8.77. The summed E-state index contributed by atoms with van der Waals surface area (Å²) in [5.74, 6) is 0. The van der Waals surface area contributed by atoms with Crippen molar-refractivity contribution >= 4 is 21.4 Å². The van der Waals surface area contributed by atoms with Crippen LogP contribution in [-0.4, -0.2) is 61.3 Å². The summed E-state index contributed by atoms with van der Waals surface area (Å²) in [4.78, 5) is 13.3. The Morgan fingerprint density at radius 1 is 1.30 bits per heavy atom. The average molecular weight is 399 g/mol. The molecule has 1 saturated heterocycles. The van der Waals surface area contributed by atoms with E-state index in [9.17, 15) is 18.5 Å². The molecule has 0 saturated carbocycles. The summed E-state index contributed by atoms with van der Waals surface area (Å²) in [6.07, 6.45) is 3.61. The molecule has 0 amide bonds. The fraction of sp³-hybridized carbons (Fsp3) is 0.667. The van der Waals surface area contributed by atoms with Crippen molar-refractivity contribution in [3.05, 3.63) is 28.3 Å². The summed E-state index contributed by atoms with van der Waals surface area (Å²) < 4.78 is 26.5. The molecule has 27 heavy (non-hydrogen) atoms. The topological polar surface area (TPSA) is 95.8 Å². The fourth-order valence-corrected chi connectivity index (χ4v) is 4.99. The predicted molar refractivity (Wildman–Crippen MR) is 107 cm³/mol. The highest BCUT2D eigenvalue weighted by Gasteiger charge is 2.26. The van der Waals surface area contributed by atoms with Gasteiger partial charge in [-0.2, -0.15) is 4.31 Å². The molecule has 152 valence electrons. The number of piperidine rings is 1. The lowest BCUT2D eigenvalue weighted by molar-refractivity contribution is -0.384. The van der Waals surface area contributed by atoms with Crippen molar-refractivity contribution in [3.63, 3.8) is 0 Å². The Labute approximate surface area is 161 Å². The van der Waals surface area contributed by atoms with E-state index in [-0.39, 0.29) is 10.6 Å². The SMILES string of the molecule is CCN(CC)S(=O)(=O)c1ccc(NCCN2CCCC[C@H]2C)c([N+](=O)[O-])c1. The summed E-state index contributed by atoms with van der Waals surface area (Å²) in [6.45, 7) is 8.76. The molecular formula is C18H30N4O4S. The number of nitro groups is 1. The van der Waals surface area contributed by atoms with E-state index in [4.69, 9.17) is 0 Å². The van der Waals surface area contributed by atoms with Gasteiger partial charge in [0.1, 0.15) is 5.69 Å². The van der Waals surface area contributed by atoms with E-state index in [1.807, 2.05) is 0 Å². The van der Waals surface area contributed by atoms with Crippen LogP contribution in [0.5, 0.6) is 0 Å². The number of benzene rings is 1. The molecule has 0 aromatic heterocycles. The Morgan fingerprint density at radius 2 is 2.00 bits per heavy atom. The highest BCUT2D eigenvalue weighted by atomic mass is 32.2. The Hall–Kier alpha value is -1.71. The molecule has 1 aliphatic rings. The molecule has 1 heterocycles. The highest BCUT2D eigenvalue weighted by Crippen LogP contribution is 2.29. The normalized spacial score (nSPS) is 18.6. The largest absolute Gasteiger partial charge is 0.378 e. The van der Waals surface area contributed by atoms with Gasteiger partial charge in [-0.3, -0.25) is 15.0 Å². The van der Waals surface area contributed by atoms with Gasteiger partial charge < -0.3 is 5.32 Å². The maximum absolute atomic E-state index is 12.6. The lowest BCUT2D eigenvalue weighted by Crippen LogP contribution is -2.40. The number of rotatable bonds is 9. The monoisotopic (exact) mass is 398 g/mol. The van der Waals surface area contributed by atoms with Crippen LogP contribution in [0.3, 0.4) is 0 Å². The van der Waals surface area contributed by atoms with Crippen LogP contribution in [0, 0.1) is 10.1 Å². The number of anilines is 1. The molecule has 2 rings (SSSR count). The van der Waals surface area contributed by atoms with Gasteiger partial charge in [0.15, 0.2) is 0 Å². The Balaban J connectivity index is 2.14. The van der Waals surface area contributed by atoms with Gasteiger partial charge in [0.2, 0.25) is 10.0 Å². The van der Waals surface area contributed by atoms with E-state index in [0.717, 1.165) is 19.2 Å². The fourth-order valence-electron chi connectivity index (χ4n) is 3.51. The van der Waals surface area contributed by atoms with Crippen LogP contribution in [0.2, 0.25) is 0 Å². The van der Waals surface area contributed by atoms with Crippen LogP contribution >= 0.6 is 0 Å². The molecule has 1 aromatic rings. The number of hydrogen-bond acceptors (Lipinski definition) is 6. The number of nitro benzene ring substituents is 1. The Kier molecular flexibility index (Phi) is 7.58. The van der Waals surface area contributed by atoms with Gasteiger partial charge in [-0.15, -0.1) is 0 Å². The van der Waals surface area contributed by atoms with Gasteiger partial charge in [-0.25, -0.2) is 8.42 Å². The van der Waals surface area contributed by atoms with Gasteiger partial charge in [0.05, 0.1) is 9.82 Å². The third kappa shape index (κ3) is 5.18. The van der Waals surface area contributed by atoms with E-state index >= 15 is 0 Å². The van der Waals surface area contributed by atoms with Crippen molar-refractivity contribution in [2.75, 3.05) is 38.0 Å². The summed E-state index contributed by atoms with van der Waals surface area (Å²) >= 11 is 0. The summed E-state index contributed by atoms with van der Waals surface area (Å²) in [7, 11) is -3.73. The zero-order valence-electron chi connectivity index (χ0n) is 16.3. The Morgan fingerprint density at radius 3 is 2.59 bits per heavy atom. The van der Waals surface area contributed by atoms with Crippen molar-refractivity contribution in [2.24, 2.45) is 0 Å². The highest BCUT2D eigenvalue weighted by molar-refractivity contribution is 7.89. The molecule has 0 radical (unpaired) electrons. The third-order valence-electron chi connectivity index (χ3n) is 5.16. The van der Waals surface area contributed by atoms with Crippen molar-refractivity contribution in [1.29, 1.82) is 0 Å². The van der Waals surface area contributed by atoms with Crippen molar-refractivity contribution in [3.8, 4) is 0 Å². The van der Waals surface area contributed by atoms with Crippen LogP contribution in [-0.2, 0) is 10.0 Å². The first-order valence-electron chi connectivity index (χ1n) is 9.57. The molecule has 0 spiro atoms. The number of likely N-dealkylation sites (tertiary alicyclic amines) is 1. The van der Waals surface area contributed by atoms with Crippen LogP contribution in [0.15, 0.2) is 23.1 Å². The lowest BCUT2D eigenvalue weighted by Gasteiger charge is -2.33. The van der Waals surface area contributed by atoms with E-state index in [1.54, 1.807) is 13.8 Å². The van der Waals surface area contributed by atoms with Gasteiger partial charge in [0, 0.05) is 38.3 Å². The molecule has 0 bridgehead atoms. The minimum absolute atomic E-state index is 0.0481.